The maximum atomic E-state index is 13.9. The second-order valence-corrected chi connectivity index (χ2v) is 14.5. The topological polar surface area (TPSA) is 146 Å². The van der Waals surface area contributed by atoms with Crippen LogP contribution in [0.1, 0.15) is 36.5 Å². The molecule has 14 atom stereocenters. The number of hydrogen-bond donors (Lipinski definition) is 3. The Kier molecular flexibility index (Phi) is 7.77. The number of carbonyl (C=O) groups excluding carboxylic acids is 1. The Hall–Kier alpha value is -2.03. The number of aliphatic hydroxyl groups is 3. The van der Waals surface area contributed by atoms with E-state index in [0.717, 1.165) is 0 Å². The number of carbonyl (C=O) groups is 1. The lowest BCUT2D eigenvalue weighted by molar-refractivity contribution is -0.298. The molecule has 3 N–H and O–H groups in total. The summed E-state index contributed by atoms with van der Waals surface area (Å²) in [5.74, 6) is -1.47. The smallest absolute Gasteiger partial charge is 0.338 e. The zero-order valence-electron chi connectivity index (χ0n) is 27.8. The Morgan fingerprint density at radius 2 is 1.65 bits per heavy atom. The van der Waals surface area contributed by atoms with E-state index in [1.807, 2.05) is 0 Å². The van der Waals surface area contributed by atoms with Gasteiger partial charge in [-0.1, -0.05) is 6.92 Å². The summed E-state index contributed by atoms with van der Waals surface area (Å²) in [6, 6.07) is 4.61. The van der Waals surface area contributed by atoms with Crippen molar-refractivity contribution in [1.29, 1.82) is 0 Å². The number of likely N-dealkylation sites (tertiary alicyclic amines) is 1. The van der Waals surface area contributed by atoms with Gasteiger partial charge >= 0.3 is 5.97 Å². The molecule has 1 spiro atoms. The van der Waals surface area contributed by atoms with E-state index in [1.165, 1.54) is 21.3 Å². The van der Waals surface area contributed by atoms with Gasteiger partial charge in [0.25, 0.3) is 0 Å². The number of fused-ring (bicyclic) bond motifs is 2. The number of ether oxygens (including phenoxy) is 7. The number of aliphatic hydroxyl groups excluding tert-OH is 1. The number of nitrogens with zero attached hydrogens (tertiary/aromatic N) is 1. The maximum absolute atomic E-state index is 13.9. The monoisotopic (exact) mass is 647 g/mol. The number of esters is 1. The van der Waals surface area contributed by atoms with Gasteiger partial charge in [0.1, 0.15) is 11.7 Å². The van der Waals surface area contributed by atoms with E-state index in [-0.39, 0.29) is 36.3 Å². The summed E-state index contributed by atoms with van der Waals surface area (Å²) in [5, 5.41) is 37.9. The summed E-state index contributed by atoms with van der Waals surface area (Å²) < 4.78 is 41.8. The van der Waals surface area contributed by atoms with Crippen molar-refractivity contribution in [3.05, 3.63) is 23.8 Å². The number of benzene rings is 1. The highest BCUT2D eigenvalue weighted by Crippen LogP contribution is 2.80. The van der Waals surface area contributed by atoms with Crippen molar-refractivity contribution < 1.29 is 53.3 Å². The van der Waals surface area contributed by atoms with Crippen LogP contribution in [0, 0.1) is 34.5 Å². The van der Waals surface area contributed by atoms with Crippen molar-refractivity contribution in [2.75, 3.05) is 62.4 Å². The summed E-state index contributed by atoms with van der Waals surface area (Å²) in [5.41, 5.74) is -4.12. The predicted molar refractivity (Wildman–Crippen MR) is 163 cm³/mol. The molecule has 46 heavy (non-hydrogen) atoms. The van der Waals surface area contributed by atoms with E-state index in [2.05, 4.69) is 11.8 Å². The molecule has 7 bridgehead atoms. The van der Waals surface area contributed by atoms with Crippen LogP contribution < -0.4 is 9.47 Å². The SMILES string of the molecule is CCN1CC2(COC)C(O)CC(OC)C34C5CC6(O)C(OC)CC(O)(C5C6OC(=O)c5ccc(OC)c(OC)c5)C(C(OC)C23)C14. The highest BCUT2D eigenvalue weighted by Gasteiger charge is 2.89. The van der Waals surface area contributed by atoms with Gasteiger partial charge < -0.3 is 48.5 Å². The molecule has 6 fully saturated rings. The molecule has 1 aliphatic heterocycles. The van der Waals surface area contributed by atoms with Crippen molar-refractivity contribution >= 4 is 5.97 Å². The quantitative estimate of drug-likeness (QED) is 0.313. The van der Waals surface area contributed by atoms with Gasteiger partial charge in [-0.05, 0) is 37.1 Å². The molecule has 256 valence electrons. The summed E-state index contributed by atoms with van der Waals surface area (Å²) in [6.45, 7) is 3.69. The third-order valence-corrected chi connectivity index (χ3v) is 13.4. The van der Waals surface area contributed by atoms with Crippen molar-refractivity contribution in [1.82, 2.24) is 4.90 Å². The minimum Gasteiger partial charge on any atom is -0.493 e. The first-order valence-electron chi connectivity index (χ1n) is 16.4. The lowest BCUT2D eigenvalue weighted by Crippen LogP contribution is -2.79. The normalized spacial score (nSPS) is 48.3. The van der Waals surface area contributed by atoms with Crippen molar-refractivity contribution in [2.24, 2.45) is 34.5 Å². The molecule has 5 aliphatic carbocycles. The molecule has 12 heteroatoms. The second-order valence-electron chi connectivity index (χ2n) is 14.5. The van der Waals surface area contributed by atoms with Gasteiger partial charge in [-0.2, -0.15) is 0 Å². The number of hydrogen-bond acceptors (Lipinski definition) is 12. The van der Waals surface area contributed by atoms with Gasteiger partial charge in [-0.3, -0.25) is 4.90 Å². The molecular weight excluding hydrogens is 598 g/mol. The Balaban J connectivity index is 1.41. The van der Waals surface area contributed by atoms with E-state index in [4.69, 9.17) is 33.2 Å². The van der Waals surface area contributed by atoms with Gasteiger partial charge in [0.2, 0.25) is 0 Å². The van der Waals surface area contributed by atoms with E-state index in [9.17, 15) is 20.1 Å². The fraction of sp³-hybridized carbons (Fsp3) is 0.794. The molecule has 6 aliphatic rings. The van der Waals surface area contributed by atoms with Crippen LogP contribution in [-0.2, 0) is 23.7 Å². The van der Waals surface area contributed by atoms with E-state index in [0.29, 0.717) is 37.6 Å². The van der Waals surface area contributed by atoms with E-state index in [1.54, 1.807) is 39.5 Å². The van der Waals surface area contributed by atoms with Crippen LogP contribution in [0.4, 0.5) is 0 Å². The molecule has 0 aromatic heterocycles. The number of piperidine rings is 1. The molecule has 0 radical (unpaired) electrons. The fourth-order valence-corrected chi connectivity index (χ4v) is 12.2. The average molecular weight is 648 g/mol. The second kappa shape index (κ2) is 11.0. The molecule has 1 heterocycles. The first kappa shape index (κ1) is 32.5. The van der Waals surface area contributed by atoms with E-state index >= 15 is 0 Å². The maximum Gasteiger partial charge on any atom is 0.338 e. The summed E-state index contributed by atoms with van der Waals surface area (Å²) >= 11 is 0. The zero-order chi connectivity index (χ0) is 33.0. The highest BCUT2D eigenvalue weighted by atomic mass is 16.6. The molecule has 14 unspecified atom stereocenters. The predicted octanol–water partition coefficient (Wildman–Crippen LogP) is 1.12. The summed E-state index contributed by atoms with van der Waals surface area (Å²) in [6.07, 6.45) is -2.69. The lowest BCUT2D eigenvalue weighted by atomic mass is 9.42. The Morgan fingerprint density at radius 1 is 0.935 bits per heavy atom. The Morgan fingerprint density at radius 3 is 2.26 bits per heavy atom. The molecule has 1 saturated heterocycles. The standard InChI is InChI=1S/C34H49NO11/c1-8-35-15-31(16-40-2)21(36)12-22(43-5)34-18-13-32(38)23(44-6)14-33(39,25(28(34)35)26(45-7)27(31)34)24(18)29(32)46-30(37)17-9-10-19(41-3)20(11-17)42-4/h9-11,18,21-29,36,38-39H,8,12-16H2,1-7H3. The van der Waals surface area contributed by atoms with Gasteiger partial charge in [-0.15, -0.1) is 0 Å². The number of rotatable bonds is 10. The van der Waals surface area contributed by atoms with Crippen molar-refractivity contribution in [2.45, 2.75) is 73.9 Å². The van der Waals surface area contributed by atoms with Crippen molar-refractivity contribution in [3.8, 4) is 11.5 Å². The Bertz CT molecular complexity index is 1360. The first-order valence-corrected chi connectivity index (χ1v) is 16.4. The zero-order valence-corrected chi connectivity index (χ0v) is 27.8. The summed E-state index contributed by atoms with van der Waals surface area (Å²) in [4.78, 5) is 16.3. The van der Waals surface area contributed by atoms with Gasteiger partial charge in [0.05, 0.1) is 56.4 Å². The molecule has 7 rings (SSSR count). The van der Waals surface area contributed by atoms with Gasteiger partial charge in [-0.25, -0.2) is 4.79 Å². The van der Waals surface area contributed by atoms with Crippen LogP contribution in [-0.4, -0.2) is 136 Å². The third kappa shape index (κ3) is 3.70. The van der Waals surface area contributed by atoms with Gasteiger partial charge in [0.15, 0.2) is 11.5 Å². The average Bonchev–Trinajstić information content (AvgIpc) is 3.44. The third-order valence-electron chi connectivity index (χ3n) is 13.4. The molecular formula is C34H49NO11. The van der Waals surface area contributed by atoms with E-state index < -0.39 is 70.4 Å². The summed E-state index contributed by atoms with van der Waals surface area (Å²) in [7, 11) is 9.56. The Labute approximate surface area is 270 Å². The molecule has 1 aromatic carbocycles. The van der Waals surface area contributed by atoms with Crippen LogP contribution in [0.15, 0.2) is 18.2 Å². The van der Waals surface area contributed by atoms with Gasteiger partial charge in [0, 0.05) is 82.5 Å². The minimum absolute atomic E-state index is 0.157. The van der Waals surface area contributed by atoms with Crippen molar-refractivity contribution in [3.63, 3.8) is 0 Å². The number of methoxy groups -OCH3 is 6. The van der Waals surface area contributed by atoms with Crippen LogP contribution in [0.2, 0.25) is 0 Å². The fourth-order valence-electron chi connectivity index (χ4n) is 12.2. The largest absolute Gasteiger partial charge is 0.493 e. The first-order chi connectivity index (χ1) is 22.0. The minimum atomic E-state index is -1.58. The molecule has 5 saturated carbocycles. The molecule has 12 nitrogen and oxygen atoms in total. The van der Waals surface area contributed by atoms with Crippen LogP contribution >= 0.6 is 0 Å². The van der Waals surface area contributed by atoms with Crippen LogP contribution in [0.5, 0.6) is 11.5 Å². The molecule has 1 aromatic rings. The highest BCUT2D eigenvalue weighted by molar-refractivity contribution is 5.90. The molecule has 0 amide bonds. The van der Waals surface area contributed by atoms with Crippen LogP contribution in [0.3, 0.4) is 0 Å². The van der Waals surface area contributed by atoms with Crippen LogP contribution in [0.25, 0.3) is 0 Å². The lowest BCUT2D eigenvalue weighted by Gasteiger charge is -2.70.